The first-order valence-electron chi connectivity index (χ1n) is 4.16. The normalized spacial score (nSPS) is 9.57. The molecule has 0 unspecified atom stereocenters. The molecule has 0 saturated carbocycles. The highest BCUT2D eigenvalue weighted by atomic mass is 79.9. The molecule has 0 radical (unpaired) electrons. The van der Waals surface area contributed by atoms with Crippen molar-refractivity contribution < 1.29 is 9.53 Å². The van der Waals surface area contributed by atoms with Crippen LogP contribution in [0.2, 0.25) is 0 Å². The Balaban J connectivity index is 2.50. The maximum absolute atomic E-state index is 11.1. The van der Waals surface area contributed by atoms with Crippen molar-refractivity contribution in [3.8, 4) is 0 Å². The second kappa shape index (κ2) is 4.96. The number of ether oxygens (including phenoxy) is 1. The molecule has 1 rings (SSSR count). The van der Waals surface area contributed by atoms with Gasteiger partial charge in [-0.2, -0.15) is 0 Å². The summed E-state index contributed by atoms with van der Waals surface area (Å²) >= 11 is 3.33. The van der Waals surface area contributed by atoms with Crippen molar-refractivity contribution in [1.82, 2.24) is 0 Å². The molecule has 0 spiro atoms. The highest BCUT2D eigenvalue weighted by Gasteiger charge is 2.02. The zero-order valence-electron chi connectivity index (χ0n) is 7.92. The van der Waals surface area contributed by atoms with Gasteiger partial charge in [-0.3, -0.25) is 0 Å². The van der Waals surface area contributed by atoms with Gasteiger partial charge in [0.1, 0.15) is 6.61 Å². The molecule has 0 amide bonds. The van der Waals surface area contributed by atoms with Crippen LogP contribution in [0.25, 0.3) is 0 Å². The summed E-state index contributed by atoms with van der Waals surface area (Å²) in [4.78, 5) is 11.1. The third-order valence-electron chi connectivity index (χ3n) is 1.63. The van der Waals surface area contributed by atoms with Crippen molar-refractivity contribution >= 4 is 21.9 Å². The van der Waals surface area contributed by atoms with Crippen LogP contribution < -0.4 is 0 Å². The minimum atomic E-state index is -0.354. The van der Waals surface area contributed by atoms with E-state index in [1.165, 1.54) is 0 Å². The van der Waals surface area contributed by atoms with E-state index in [0.717, 1.165) is 10.0 Å². The molecular formula is C11H11BrO2. The van der Waals surface area contributed by atoms with E-state index in [1.54, 1.807) is 6.92 Å². The van der Waals surface area contributed by atoms with Gasteiger partial charge in [0.05, 0.1) is 0 Å². The van der Waals surface area contributed by atoms with E-state index in [1.807, 2.05) is 24.3 Å². The topological polar surface area (TPSA) is 26.3 Å². The van der Waals surface area contributed by atoms with Crippen LogP contribution in [0.1, 0.15) is 12.5 Å². The van der Waals surface area contributed by atoms with Gasteiger partial charge in [-0.05, 0) is 24.6 Å². The van der Waals surface area contributed by atoms with Crippen LogP contribution in [0.4, 0.5) is 0 Å². The molecule has 0 aliphatic rings. The molecule has 0 bridgehead atoms. The summed E-state index contributed by atoms with van der Waals surface area (Å²) in [6.07, 6.45) is 0. The molecular weight excluding hydrogens is 244 g/mol. The molecule has 74 valence electrons. The van der Waals surface area contributed by atoms with Crippen LogP contribution in [0.15, 0.2) is 40.9 Å². The molecule has 0 fully saturated rings. The number of hydrogen-bond acceptors (Lipinski definition) is 2. The van der Waals surface area contributed by atoms with E-state index in [2.05, 4.69) is 22.5 Å². The molecule has 0 heterocycles. The molecule has 0 aliphatic heterocycles. The molecule has 0 N–H and O–H groups in total. The van der Waals surface area contributed by atoms with E-state index in [-0.39, 0.29) is 5.97 Å². The van der Waals surface area contributed by atoms with Gasteiger partial charge < -0.3 is 4.74 Å². The predicted octanol–water partition coefficient (Wildman–Crippen LogP) is 3.07. The van der Waals surface area contributed by atoms with Gasteiger partial charge >= 0.3 is 5.97 Å². The lowest BCUT2D eigenvalue weighted by Gasteiger charge is -2.03. The van der Waals surface area contributed by atoms with Gasteiger partial charge in [0, 0.05) is 10.0 Å². The molecule has 14 heavy (non-hydrogen) atoms. The van der Waals surface area contributed by atoms with Gasteiger partial charge in [-0.1, -0.05) is 34.6 Å². The van der Waals surface area contributed by atoms with Gasteiger partial charge in [0.2, 0.25) is 0 Å². The third kappa shape index (κ3) is 3.34. The molecule has 0 aromatic heterocycles. The number of rotatable bonds is 3. The Kier molecular flexibility index (Phi) is 3.89. The molecule has 0 saturated heterocycles. The standard InChI is InChI=1S/C11H11BrO2/c1-8(2)11(13)14-7-9-3-5-10(12)6-4-9/h3-6H,1,7H2,2H3. The molecule has 1 aromatic rings. The Morgan fingerprint density at radius 2 is 2.00 bits per heavy atom. The summed E-state index contributed by atoms with van der Waals surface area (Å²) in [6, 6.07) is 7.61. The average molecular weight is 255 g/mol. The van der Waals surface area contributed by atoms with E-state index < -0.39 is 0 Å². The fourth-order valence-electron chi connectivity index (χ4n) is 0.853. The summed E-state index contributed by atoms with van der Waals surface area (Å²) in [5.41, 5.74) is 1.38. The molecule has 2 nitrogen and oxygen atoms in total. The second-order valence-electron chi connectivity index (χ2n) is 2.98. The lowest BCUT2D eigenvalue weighted by molar-refractivity contribution is -0.140. The Bertz CT molecular complexity index is 341. The summed E-state index contributed by atoms with van der Waals surface area (Å²) < 4.78 is 5.98. The van der Waals surface area contributed by atoms with Crippen molar-refractivity contribution in [2.75, 3.05) is 0 Å². The van der Waals surface area contributed by atoms with Gasteiger partial charge in [-0.25, -0.2) is 4.79 Å². The summed E-state index contributed by atoms with van der Waals surface area (Å²) in [5.74, 6) is -0.354. The fourth-order valence-corrected chi connectivity index (χ4v) is 1.12. The van der Waals surface area contributed by atoms with Crippen molar-refractivity contribution in [2.45, 2.75) is 13.5 Å². The summed E-state index contributed by atoms with van der Waals surface area (Å²) in [5, 5.41) is 0. The number of halogens is 1. The fraction of sp³-hybridized carbons (Fsp3) is 0.182. The first-order chi connectivity index (χ1) is 6.59. The van der Waals surface area contributed by atoms with Crippen LogP contribution in [0.5, 0.6) is 0 Å². The zero-order valence-corrected chi connectivity index (χ0v) is 9.50. The maximum atomic E-state index is 11.1. The van der Waals surface area contributed by atoms with Gasteiger partial charge in [0.25, 0.3) is 0 Å². The number of esters is 1. The predicted molar refractivity (Wildman–Crippen MR) is 58.8 cm³/mol. The van der Waals surface area contributed by atoms with E-state index in [0.29, 0.717) is 12.2 Å². The Hall–Kier alpha value is -1.09. The van der Waals surface area contributed by atoms with Crippen LogP contribution in [-0.4, -0.2) is 5.97 Å². The SMILES string of the molecule is C=C(C)C(=O)OCc1ccc(Br)cc1. The zero-order chi connectivity index (χ0) is 10.6. The first-order valence-corrected chi connectivity index (χ1v) is 4.96. The second-order valence-corrected chi connectivity index (χ2v) is 3.90. The van der Waals surface area contributed by atoms with Crippen molar-refractivity contribution in [2.24, 2.45) is 0 Å². The number of benzene rings is 1. The number of hydrogen-bond donors (Lipinski definition) is 0. The van der Waals surface area contributed by atoms with Gasteiger partial charge in [0.15, 0.2) is 0 Å². The Labute approximate surface area is 91.7 Å². The third-order valence-corrected chi connectivity index (χ3v) is 2.16. The minimum Gasteiger partial charge on any atom is -0.457 e. The quantitative estimate of drug-likeness (QED) is 0.612. The molecule has 0 atom stereocenters. The smallest absolute Gasteiger partial charge is 0.333 e. The molecule has 3 heteroatoms. The first kappa shape index (κ1) is 11.0. The monoisotopic (exact) mass is 254 g/mol. The lowest BCUT2D eigenvalue weighted by atomic mass is 10.2. The maximum Gasteiger partial charge on any atom is 0.333 e. The summed E-state index contributed by atoms with van der Waals surface area (Å²) in [6.45, 7) is 5.42. The molecule has 1 aromatic carbocycles. The minimum absolute atomic E-state index is 0.291. The summed E-state index contributed by atoms with van der Waals surface area (Å²) in [7, 11) is 0. The Morgan fingerprint density at radius 1 is 1.43 bits per heavy atom. The molecule has 0 aliphatic carbocycles. The van der Waals surface area contributed by atoms with E-state index in [9.17, 15) is 4.79 Å². The van der Waals surface area contributed by atoms with Gasteiger partial charge in [-0.15, -0.1) is 0 Å². The Morgan fingerprint density at radius 3 is 2.50 bits per heavy atom. The lowest BCUT2D eigenvalue weighted by Crippen LogP contribution is -2.04. The number of carbonyl (C=O) groups excluding carboxylic acids is 1. The van der Waals surface area contributed by atoms with Crippen LogP contribution in [0.3, 0.4) is 0 Å². The highest BCUT2D eigenvalue weighted by Crippen LogP contribution is 2.11. The van der Waals surface area contributed by atoms with Crippen molar-refractivity contribution in [1.29, 1.82) is 0 Å². The highest BCUT2D eigenvalue weighted by molar-refractivity contribution is 9.10. The van der Waals surface area contributed by atoms with Crippen LogP contribution >= 0.6 is 15.9 Å². The van der Waals surface area contributed by atoms with Crippen LogP contribution in [0, 0.1) is 0 Å². The van der Waals surface area contributed by atoms with E-state index >= 15 is 0 Å². The van der Waals surface area contributed by atoms with E-state index in [4.69, 9.17) is 4.74 Å². The van der Waals surface area contributed by atoms with Crippen molar-refractivity contribution in [3.63, 3.8) is 0 Å². The van der Waals surface area contributed by atoms with Crippen molar-refractivity contribution in [3.05, 3.63) is 46.5 Å². The average Bonchev–Trinajstić information content (AvgIpc) is 2.16. The van der Waals surface area contributed by atoms with Crippen LogP contribution in [-0.2, 0) is 16.1 Å². The number of carbonyl (C=O) groups is 1. The largest absolute Gasteiger partial charge is 0.457 e.